The van der Waals surface area contributed by atoms with E-state index in [1.54, 1.807) is 0 Å². The summed E-state index contributed by atoms with van der Waals surface area (Å²) in [4.78, 5) is 11.7. The highest BCUT2D eigenvalue weighted by molar-refractivity contribution is 5.76. The predicted octanol–water partition coefficient (Wildman–Crippen LogP) is 1.80. The number of carbonyl (C=O) groups is 1. The molecule has 3 heteroatoms. The molecule has 3 nitrogen and oxygen atoms in total. The van der Waals surface area contributed by atoms with Gasteiger partial charge in [-0.15, -0.1) is 0 Å². The third-order valence-electron chi connectivity index (χ3n) is 3.45. The van der Waals surface area contributed by atoms with Crippen molar-refractivity contribution in [3.63, 3.8) is 0 Å². The van der Waals surface area contributed by atoms with E-state index >= 15 is 0 Å². The van der Waals surface area contributed by atoms with E-state index in [4.69, 9.17) is 5.73 Å². The number of rotatable bonds is 4. The van der Waals surface area contributed by atoms with Crippen LogP contribution in [-0.4, -0.2) is 12.5 Å². The van der Waals surface area contributed by atoms with E-state index in [9.17, 15) is 4.79 Å². The van der Waals surface area contributed by atoms with Crippen LogP contribution in [0, 0.1) is 17.8 Å². The lowest BCUT2D eigenvalue weighted by Crippen LogP contribution is -2.27. The van der Waals surface area contributed by atoms with E-state index in [0.29, 0.717) is 25.4 Å². The maximum absolute atomic E-state index is 11.7. The SMILES string of the molecule is NCC#Cc1cccc(CNC(=O)CC2CCC2)c1. The van der Waals surface area contributed by atoms with Gasteiger partial charge in [-0.05, 0) is 36.5 Å². The minimum absolute atomic E-state index is 0.156. The molecule has 100 valence electrons. The standard InChI is InChI=1S/C16H20N2O/c17-9-3-8-13-4-2-7-15(10-13)12-18-16(19)11-14-5-1-6-14/h2,4,7,10,14H,1,5-6,9,11-12,17H2,(H,18,19). The first-order valence-electron chi connectivity index (χ1n) is 6.82. The second-order valence-corrected chi connectivity index (χ2v) is 4.98. The molecular formula is C16H20N2O. The summed E-state index contributed by atoms with van der Waals surface area (Å²) in [6.07, 6.45) is 4.36. The van der Waals surface area contributed by atoms with Gasteiger partial charge in [-0.1, -0.05) is 30.4 Å². The Kier molecular flexibility index (Phi) is 5.00. The van der Waals surface area contributed by atoms with Crippen LogP contribution in [0.3, 0.4) is 0 Å². The molecule has 1 aromatic carbocycles. The van der Waals surface area contributed by atoms with E-state index in [1.807, 2.05) is 24.3 Å². The molecule has 1 aliphatic carbocycles. The molecule has 19 heavy (non-hydrogen) atoms. The van der Waals surface area contributed by atoms with Crippen molar-refractivity contribution in [2.24, 2.45) is 11.7 Å². The Morgan fingerprint density at radius 2 is 2.26 bits per heavy atom. The molecule has 0 radical (unpaired) electrons. The Bertz CT molecular complexity index is 495. The van der Waals surface area contributed by atoms with Crippen LogP contribution in [0.1, 0.15) is 36.8 Å². The quantitative estimate of drug-likeness (QED) is 0.807. The van der Waals surface area contributed by atoms with Crippen molar-refractivity contribution in [3.05, 3.63) is 35.4 Å². The number of amides is 1. The fraction of sp³-hybridized carbons (Fsp3) is 0.438. The molecule has 0 unspecified atom stereocenters. The average Bonchev–Trinajstić information content (AvgIpc) is 2.39. The molecular weight excluding hydrogens is 236 g/mol. The highest BCUT2D eigenvalue weighted by atomic mass is 16.1. The van der Waals surface area contributed by atoms with Crippen LogP contribution >= 0.6 is 0 Å². The van der Waals surface area contributed by atoms with Crippen molar-refractivity contribution in [1.29, 1.82) is 0 Å². The molecule has 1 saturated carbocycles. The van der Waals surface area contributed by atoms with Gasteiger partial charge in [-0.3, -0.25) is 4.79 Å². The maximum Gasteiger partial charge on any atom is 0.220 e. The number of carbonyl (C=O) groups excluding carboxylic acids is 1. The lowest BCUT2D eigenvalue weighted by molar-refractivity contribution is -0.122. The topological polar surface area (TPSA) is 55.1 Å². The van der Waals surface area contributed by atoms with Gasteiger partial charge >= 0.3 is 0 Å². The molecule has 0 spiro atoms. The highest BCUT2D eigenvalue weighted by Crippen LogP contribution is 2.29. The third-order valence-corrected chi connectivity index (χ3v) is 3.45. The lowest BCUT2D eigenvalue weighted by Gasteiger charge is -2.24. The summed E-state index contributed by atoms with van der Waals surface area (Å²) in [6, 6.07) is 7.89. The molecule has 1 aliphatic rings. The van der Waals surface area contributed by atoms with Crippen molar-refractivity contribution in [3.8, 4) is 11.8 Å². The molecule has 0 heterocycles. The van der Waals surface area contributed by atoms with Crippen LogP contribution in [0.2, 0.25) is 0 Å². The largest absolute Gasteiger partial charge is 0.352 e. The Hall–Kier alpha value is -1.79. The zero-order valence-corrected chi connectivity index (χ0v) is 11.1. The fourth-order valence-electron chi connectivity index (χ4n) is 2.14. The summed E-state index contributed by atoms with van der Waals surface area (Å²) in [6.45, 7) is 0.937. The summed E-state index contributed by atoms with van der Waals surface area (Å²) < 4.78 is 0. The number of benzene rings is 1. The van der Waals surface area contributed by atoms with Gasteiger partial charge in [0.1, 0.15) is 0 Å². The Labute approximate surface area is 114 Å². The zero-order chi connectivity index (χ0) is 13.5. The minimum atomic E-state index is 0.156. The van der Waals surface area contributed by atoms with Crippen molar-refractivity contribution < 1.29 is 4.79 Å². The molecule has 1 amide bonds. The van der Waals surface area contributed by atoms with Gasteiger partial charge in [0, 0.05) is 18.5 Å². The fourth-order valence-corrected chi connectivity index (χ4v) is 2.14. The summed E-state index contributed by atoms with van der Waals surface area (Å²) in [5, 5.41) is 2.97. The molecule has 2 rings (SSSR count). The second-order valence-electron chi connectivity index (χ2n) is 4.98. The minimum Gasteiger partial charge on any atom is -0.352 e. The number of hydrogen-bond donors (Lipinski definition) is 2. The van der Waals surface area contributed by atoms with Crippen molar-refractivity contribution >= 4 is 5.91 Å². The summed E-state index contributed by atoms with van der Waals surface area (Å²) >= 11 is 0. The maximum atomic E-state index is 11.7. The highest BCUT2D eigenvalue weighted by Gasteiger charge is 2.20. The monoisotopic (exact) mass is 256 g/mol. The van der Waals surface area contributed by atoms with Crippen LogP contribution < -0.4 is 11.1 Å². The molecule has 1 aromatic rings. The van der Waals surface area contributed by atoms with Gasteiger partial charge in [-0.2, -0.15) is 0 Å². The lowest BCUT2D eigenvalue weighted by atomic mass is 9.83. The third kappa shape index (κ3) is 4.42. The summed E-state index contributed by atoms with van der Waals surface area (Å²) in [5.74, 6) is 6.59. The van der Waals surface area contributed by atoms with Crippen molar-refractivity contribution in [2.75, 3.05) is 6.54 Å². The van der Waals surface area contributed by atoms with Gasteiger partial charge in [0.25, 0.3) is 0 Å². The van der Waals surface area contributed by atoms with E-state index in [1.165, 1.54) is 19.3 Å². The van der Waals surface area contributed by atoms with Gasteiger partial charge in [-0.25, -0.2) is 0 Å². The summed E-state index contributed by atoms with van der Waals surface area (Å²) in [7, 11) is 0. The first-order chi connectivity index (χ1) is 9.28. The molecule has 0 saturated heterocycles. The van der Waals surface area contributed by atoms with Gasteiger partial charge in [0.15, 0.2) is 0 Å². The average molecular weight is 256 g/mol. The Morgan fingerprint density at radius 3 is 2.95 bits per heavy atom. The van der Waals surface area contributed by atoms with Gasteiger partial charge in [0.2, 0.25) is 5.91 Å². The first-order valence-corrected chi connectivity index (χ1v) is 6.82. The van der Waals surface area contributed by atoms with Crippen molar-refractivity contribution in [1.82, 2.24) is 5.32 Å². The van der Waals surface area contributed by atoms with Crippen LogP contribution in [-0.2, 0) is 11.3 Å². The molecule has 1 fully saturated rings. The Morgan fingerprint density at radius 1 is 1.42 bits per heavy atom. The van der Waals surface area contributed by atoms with E-state index in [0.717, 1.165) is 11.1 Å². The van der Waals surface area contributed by atoms with E-state index in [2.05, 4.69) is 17.2 Å². The van der Waals surface area contributed by atoms with E-state index in [-0.39, 0.29) is 5.91 Å². The molecule has 3 N–H and O–H groups in total. The molecule has 0 aliphatic heterocycles. The molecule has 0 bridgehead atoms. The molecule has 0 aromatic heterocycles. The van der Waals surface area contributed by atoms with Gasteiger partial charge in [0.05, 0.1) is 6.54 Å². The van der Waals surface area contributed by atoms with Crippen LogP contribution in [0.5, 0.6) is 0 Å². The predicted molar refractivity (Wildman–Crippen MR) is 76.2 cm³/mol. The Balaban J connectivity index is 1.82. The number of hydrogen-bond acceptors (Lipinski definition) is 2. The van der Waals surface area contributed by atoms with E-state index < -0.39 is 0 Å². The van der Waals surface area contributed by atoms with Crippen LogP contribution in [0.4, 0.5) is 0 Å². The molecule has 0 atom stereocenters. The number of nitrogens with two attached hydrogens (primary N) is 1. The first kappa shape index (κ1) is 13.6. The van der Waals surface area contributed by atoms with Crippen LogP contribution in [0.25, 0.3) is 0 Å². The number of nitrogens with one attached hydrogen (secondary N) is 1. The normalized spacial score (nSPS) is 14.2. The summed E-state index contributed by atoms with van der Waals surface area (Å²) in [5.41, 5.74) is 7.36. The zero-order valence-electron chi connectivity index (χ0n) is 11.1. The van der Waals surface area contributed by atoms with Gasteiger partial charge < -0.3 is 11.1 Å². The van der Waals surface area contributed by atoms with Crippen molar-refractivity contribution in [2.45, 2.75) is 32.2 Å². The smallest absolute Gasteiger partial charge is 0.220 e. The second kappa shape index (κ2) is 6.96. The van der Waals surface area contributed by atoms with Crippen LogP contribution in [0.15, 0.2) is 24.3 Å².